The summed E-state index contributed by atoms with van der Waals surface area (Å²) in [5, 5.41) is -0.733. The smallest absolute Gasteiger partial charge is 0.254 e. The highest BCUT2D eigenvalue weighted by Gasteiger charge is 2.36. The molecule has 1 fully saturated rings. The monoisotopic (exact) mass is 362 g/mol. The Morgan fingerprint density at radius 1 is 1.29 bits per heavy atom. The van der Waals surface area contributed by atoms with E-state index >= 15 is 0 Å². The largest absolute Gasteiger partial charge is 0.416 e. The minimum atomic E-state index is -4.61. The number of anilines is 1. The van der Waals surface area contributed by atoms with Crippen LogP contribution in [-0.4, -0.2) is 21.5 Å². The molecule has 0 radical (unpaired) electrons. The van der Waals surface area contributed by atoms with Crippen LogP contribution in [-0.2, 0) is 16.4 Å². The maximum Gasteiger partial charge on any atom is 0.416 e. The van der Waals surface area contributed by atoms with E-state index < -0.39 is 21.9 Å². The topological polar surface area (TPSA) is 49.4 Å². The molecule has 1 saturated heterocycles. The molecule has 2 rings (SSSR count). The van der Waals surface area contributed by atoms with Gasteiger partial charge in [0.2, 0.25) is 0 Å². The maximum atomic E-state index is 12.7. The Balaban J connectivity index is 2.54. The van der Waals surface area contributed by atoms with Crippen LogP contribution in [0.4, 0.5) is 18.9 Å². The number of benzene rings is 1. The van der Waals surface area contributed by atoms with Crippen LogP contribution in [0.1, 0.15) is 12.5 Å². The molecule has 0 spiro atoms. The lowest BCUT2D eigenvalue weighted by atomic mass is 10.1. The third-order valence-corrected chi connectivity index (χ3v) is 5.00. The number of halogens is 5. The number of hydrogen-bond acceptors (Lipinski definition) is 2. The van der Waals surface area contributed by atoms with Crippen molar-refractivity contribution < 1.29 is 21.6 Å². The van der Waals surface area contributed by atoms with Crippen LogP contribution in [0.5, 0.6) is 0 Å². The molecular formula is C11H11Cl2F3N2O2S. The molecule has 0 aromatic heterocycles. The SMILES string of the molecule is CC1CNS(=O)(=O)N(c2c(Cl)cc(C(F)(F)F)cc2Cl)C1. The lowest BCUT2D eigenvalue weighted by molar-refractivity contribution is -0.137. The first-order chi connectivity index (χ1) is 9.52. The van der Waals surface area contributed by atoms with Gasteiger partial charge in [0.15, 0.2) is 0 Å². The van der Waals surface area contributed by atoms with Crippen LogP contribution >= 0.6 is 23.2 Å². The molecule has 4 nitrogen and oxygen atoms in total. The first-order valence-corrected chi connectivity index (χ1v) is 8.05. The first kappa shape index (κ1) is 16.7. The maximum absolute atomic E-state index is 12.7. The van der Waals surface area contributed by atoms with Crippen LogP contribution in [0.2, 0.25) is 10.0 Å². The summed E-state index contributed by atoms with van der Waals surface area (Å²) >= 11 is 11.7. The van der Waals surface area contributed by atoms with E-state index in [0.717, 1.165) is 4.31 Å². The predicted octanol–water partition coefficient (Wildman–Crippen LogP) is 3.30. The van der Waals surface area contributed by atoms with Crippen molar-refractivity contribution in [1.29, 1.82) is 0 Å². The van der Waals surface area contributed by atoms with Crippen molar-refractivity contribution in [1.82, 2.24) is 4.72 Å². The van der Waals surface area contributed by atoms with Gasteiger partial charge in [-0.2, -0.15) is 26.3 Å². The second-order valence-electron chi connectivity index (χ2n) is 4.78. The van der Waals surface area contributed by atoms with E-state index in [1.807, 2.05) is 0 Å². The van der Waals surface area contributed by atoms with E-state index in [0.29, 0.717) is 12.1 Å². The summed E-state index contributed by atoms with van der Waals surface area (Å²) < 4.78 is 65.2. The van der Waals surface area contributed by atoms with Gasteiger partial charge in [-0.3, -0.25) is 4.31 Å². The molecule has 1 N–H and O–H groups in total. The molecular weight excluding hydrogens is 352 g/mol. The zero-order valence-corrected chi connectivity index (χ0v) is 13.0. The van der Waals surface area contributed by atoms with Crippen molar-refractivity contribution in [3.05, 3.63) is 27.7 Å². The second-order valence-corrected chi connectivity index (χ2v) is 7.27. The fourth-order valence-electron chi connectivity index (χ4n) is 1.95. The average Bonchev–Trinajstić information content (AvgIpc) is 2.32. The van der Waals surface area contributed by atoms with Gasteiger partial charge in [0.1, 0.15) is 0 Å². The minimum Gasteiger partial charge on any atom is -0.254 e. The summed E-state index contributed by atoms with van der Waals surface area (Å²) in [7, 11) is -3.87. The first-order valence-electron chi connectivity index (χ1n) is 5.86. The molecule has 1 unspecified atom stereocenters. The third-order valence-electron chi connectivity index (χ3n) is 2.98. The number of nitrogens with zero attached hydrogens (tertiary/aromatic N) is 1. The highest BCUT2D eigenvalue weighted by Crippen LogP contribution is 2.41. The summed E-state index contributed by atoms with van der Waals surface area (Å²) in [6, 6.07) is 1.33. The molecule has 1 atom stereocenters. The van der Waals surface area contributed by atoms with Crippen molar-refractivity contribution in [3.63, 3.8) is 0 Å². The van der Waals surface area contributed by atoms with E-state index in [9.17, 15) is 21.6 Å². The molecule has 10 heteroatoms. The molecule has 1 aliphatic heterocycles. The van der Waals surface area contributed by atoms with Gasteiger partial charge in [-0.25, -0.2) is 0 Å². The zero-order chi connectivity index (χ0) is 16.0. The van der Waals surface area contributed by atoms with Crippen molar-refractivity contribution >= 4 is 39.1 Å². The van der Waals surface area contributed by atoms with Crippen molar-refractivity contribution in [3.8, 4) is 0 Å². The van der Waals surface area contributed by atoms with Gasteiger partial charge >= 0.3 is 16.4 Å². The Kier molecular flexibility index (Phi) is 4.36. The number of hydrogen-bond donors (Lipinski definition) is 1. The van der Waals surface area contributed by atoms with Crippen LogP contribution in [0, 0.1) is 5.92 Å². The van der Waals surface area contributed by atoms with Crippen molar-refractivity contribution in [2.24, 2.45) is 5.92 Å². The Labute approximate surface area is 130 Å². The zero-order valence-electron chi connectivity index (χ0n) is 10.7. The van der Waals surface area contributed by atoms with Gasteiger partial charge < -0.3 is 0 Å². The average molecular weight is 363 g/mol. The molecule has 0 aliphatic carbocycles. The molecule has 118 valence electrons. The fourth-order valence-corrected chi connectivity index (χ4v) is 4.28. The molecule has 0 amide bonds. The number of alkyl halides is 3. The van der Waals surface area contributed by atoms with Crippen molar-refractivity contribution in [2.75, 3.05) is 17.4 Å². The van der Waals surface area contributed by atoms with Crippen LogP contribution in [0.15, 0.2) is 12.1 Å². The summed E-state index contributed by atoms with van der Waals surface area (Å²) in [5.74, 6) is -0.0389. The van der Waals surface area contributed by atoms with E-state index in [2.05, 4.69) is 4.72 Å². The van der Waals surface area contributed by atoms with Gasteiger partial charge in [-0.15, -0.1) is 0 Å². The number of rotatable bonds is 1. The van der Waals surface area contributed by atoms with E-state index in [4.69, 9.17) is 23.2 Å². The minimum absolute atomic E-state index is 0.0389. The van der Waals surface area contributed by atoms with Crippen molar-refractivity contribution in [2.45, 2.75) is 13.1 Å². The molecule has 1 aromatic rings. The molecule has 1 heterocycles. The summed E-state index contributed by atoms with van der Waals surface area (Å²) in [4.78, 5) is 0. The predicted molar refractivity (Wildman–Crippen MR) is 74.9 cm³/mol. The lowest BCUT2D eigenvalue weighted by Crippen LogP contribution is -2.51. The lowest BCUT2D eigenvalue weighted by Gasteiger charge is -2.33. The number of nitrogens with one attached hydrogen (secondary N) is 1. The summed E-state index contributed by atoms with van der Waals surface area (Å²) in [6.45, 7) is 2.12. The normalized spacial score (nSPS) is 22.4. The Morgan fingerprint density at radius 3 is 2.29 bits per heavy atom. The molecule has 21 heavy (non-hydrogen) atoms. The highest BCUT2D eigenvalue weighted by molar-refractivity contribution is 7.91. The summed E-state index contributed by atoms with van der Waals surface area (Å²) in [6.07, 6.45) is -4.61. The van der Waals surface area contributed by atoms with Gasteiger partial charge in [0.25, 0.3) is 0 Å². The second kappa shape index (κ2) is 5.49. The third kappa shape index (κ3) is 3.39. The molecule has 0 bridgehead atoms. The van der Waals surface area contributed by atoms with Crippen LogP contribution < -0.4 is 9.03 Å². The Hall–Kier alpha value is -0.700. The quantitative estimate of drug-likeness (QED) is 0.833. The van der Waals surface area contributed by atoms with E-state index in [-0.39, 0.29) is 34.7 Å². The van der Waals surface area contributed by atoms with Gasteiger partial charge in [-0.1, -0.05) is 30.1 Å². The fraction of sp³-hybridized carbons (Fsp3) is 0.455. The Bertz CT molecular complexity index is 641. The Morgan fingerprint density at radius 2 is 1.81 bits per heavy atom. The molecule has 1 aromatic carbocycles. The van der Waals surface area contributed by atoms with Gasteiger partial charge in [0, 0.05) is 13.1 Å². The van der Waals surface area contributed by atoms with Gasteiger partial charge in [-0.05, 0) is 18.1 Å². The standard InChI is InChI=1S/C11H11Cl2F3N2O2S/c1-6-4-17-21(19,20)18(5-6)10-8(12)2-7(3-9(10)13)11(14,15)16/h2-3,6,17H,4-5H2,1H3. The molecule has 1 aliphatic rings. The van der Waals surface area contributed by atoms with Gasteiger partial charge in [0.05, 0.1) is 21.3 Å². The van der Waals surface area contributed by atoms with E-state index in [1.165, 1.54) is 0 Å². The summed E-state index contributed by atoms with van der Waals surface area (Å²) in [5.41, 5.74) is -1.18. The molecule has 0 saturated carbocycles. The van der Waals surface area contributed by atoms with E-state index in [1.54, 1.807) is 6.92 Å². The van der Waals surface area contributed by atoms with Crippen LogP contribution in [0.25, 0.3) is 0 Å². The highest BCUT2D eigenvalue weighted by atomic mass is 35.5. The van der Waals surface area contributed by atoms with Crippen LogP contribution in [0.3, 0.4) is 0 Å².